The van der Waals surface area contributed by atoms with E-state index in [-0.39, 0.29) is 13.2 Å². The highest BCUT2D eigenvalue weighted by Crippen LogP contribution is 2.09. The summed E-state index contributed by atoms with van der Waals surface area (Å²) in [5.41, 5.74) is 0. The van der Waals surface area contributed by atoms with Crippen LogP contribution >= 0.6 is 12.3 Å². The van der Waals surface area contributed by atoms with Gasteiger partial charge in [0.2, 0.25) is 0 Å². The average Bonchev–Trinajstić information content (AvgIpc) is 2.35. The average molecular weight is 266 g/mol. The molecule has 0 aromatic rings. The van der Waals surface area contributed by atoms with Gasteiger partial charge < -0.3 is 10.2 Å². The van der Waals surface area contributed by atoms with Crippen LogP contribution in [0.2, 0.25) is 0 Å². The van der Waals surface area contributed by atoms with E-state index >= 15 is 0 Å². The first-order valence-electron chi connectivity index (χ1n) is 6.54. The predicted octanol–water partition coefficient (Wildman–Crippen LogP) is 2.69. The summed E-state index contributed by atoms with van der Waals surface area (Å²) < 4.78 is 10.5. The highest BCUT2D eigenvalue weighted by molar-refractivity contribution is 7.89. The Hall–Kier alpha value is 0.190. The van der Waals surface area contributed by atoms with Gasteiger partial charge in [0, 0.05) is 13.2 Å². The Labute approximate surface area is 109 Å². The molecule has 4 nitrogen and oxygen atoms in total. The fraction of sp³-hybridized carbons (Fsp3) is 1.00. The van der Waals surface area contributed by atoms with Crippen molar-refractivity contribution in [1.82, 2.24) is 0 Å². The largest absolute Gasteiger partial charge is 0.396 e. The van der Waals surface area contributed by atoms with Gasteiger partial charge in [-0.25, -0.2) is 0 Å². The van der Waals surface area contributed by atoms with Crippen LogP contribution in [0, 0.1) is 0 Å². The first-order chi connectivity index (χ1) is 8.41. The molecule has 5 heteroatoms. The van der Waals surface area contributed by atoms with Crippen molar-refractivity contribution >= 4 is 12.3 Å². The van der Waals surface area contributed by atoms with Crippen LogP contribution in [0.15, 0.2) is 0 Å². The fourth-order valence-electron chi connectivity index (χ4n) is 1.35. The molecule has 0 aliphatic rings. The zero-order chi connectivity index (χ0) is 12.6. The van der Waals surface area contributed by atoms with Crippen molar-refractivity contribution in [2.75, 3.05) is 26.4 Å². The van der Waals surface area contributed by atoms with Crippen molar-refractivity contribution in [3.63, 3.8) is 0 Å². The van der Waals surface area contributed by atoms with Gasteiger partial charge in [-0.05, 0) is 25.7 Å². The highest BCUT2D eigenvalue weighted by atomic mass is 32.2. The summed E-state index contributed by atoms with van der Waals surface area (Å²) in [4.78, 5) is 0. The van der Waals surface area contributed by atoms with Gasteiger partial charge in [-0.1, -0.05) is 25.7 Å². The summed E-state index contributed by atoms with van der Waals surface area (Å²) >= 11 is 1.08. The zero-order valence-corrected chi connectivity index (χ0v) is 11.4. The molecule has 0 rings (SSSR count). The number of rotatable bonds is 14. The molecular weight excluding hydrogens is 240 g/mol. The van der Waals surface area contributed by atoms with Crippen LogP contribution in [0.5, 0.6) is 0 Å². The number of aliphatic hydroxyl groups excluding tert-OH is 2. The molecule has 0 bridgehead atoms. The molecule has 0 unspecified atom stereocenters. The zero-order valence-electron chi connectivity index (χ0n) is 10.6. The van der Waals surface area contributed by atoms with E-state index in [4.69, 9.17) is 18.6 Å². The number of hydrogen-bond acceptors (Lipinski definition) is 5. The number of aliphatic hydroxyl groups is 2. The standard InChI is InChI=1S/C12H26O4S/c13-9-5-1-3-7-11-15-17-16-12-8-4-2-6-10-14/h13-14H,1-12H2. The van der Waals surface area contributed by atoms with Crippen molar-refractivity contribution in [2.24, 2.45) is 0 Å². The molecule has 0 aliphatic carbocycles. The monoisotopic (exact) mass is 266 g/mol. The minimum absolute atomic E-state index is 0.287. The normalized spacial score (nSPS) is 10.9. The van der Waals surface area contributed by atoms with Gasteiger partial charge in [0.25, 0.3) is 0 Å². The van der Waals surface area contributed by atoms with E-state index < -0.39 is 0 Å². The third kappa shape index (κ3) is 16.2. The Kier molecular flexibility index (Phi) is 16.4. The summed E-state index contributed by atoms with van der Waals surface area (Å²) in [6.07, 6.45) is 8.14. The van der Waals surface area contributed by atoms with Gasteiger partial charge >= 0.3 is 0 Å². The van der Waals surface area contributed by atoms with Crippen LogP contribution in [0.4, 0.5) is 0 Å². The van der Waals surface area contributed by atoms with E-state index in [2.05, 4.69) is 0 Å². The van der Waals surface area contributed by atoms with Crippen molar-refractivity contribution in [2.45, 2.75) is 51.4 Å². The Morgan fingerprint density at radius 2 is 1.00 bits per heavy atom. The quantitative estimate of drug-likeness (QED) is 0.374. The number of unbranched alkanes of at least 4 members (excludes halogenated alkanes) is 6. The molecule has 17 heavy (non-hydrogen) atoms. The van der Waals surface area contributed by atoms with Gasteiger partial charge in [0.15, 0.2) is 12.3 Å². The maximum atomic E-state index is 8.57. The molecule has 0 atom stereocenters. The predicted molar refractivity (Wildman–Crippen MR) is 70.6 cm³/mol. The lowest BCUT2D eigenvalue weighted by Gasteiger charge is -2.03. The summed E-state index contributed by atoms with van der Waals surface area (Å²) in [5.74, 6) is 0. The highest BCUT2D eigenvalue weighted by Gasteiger charge is 1.94. The third-order valence-corrected chi connectivity index (χ3v) is 2.89. The second kappa shape index (κ2) is 16.2. The second-order valence-corrected chi connectivity index (χ2v) is 4.60. The molecule has 0 aromatic heterocycles. The SMILES string of the molecule is OCCCCCCOSOCCCCCCO. The molecule has 104 valence electrons. The molecule has 0 radical (unpaired) electrons. The molecule has 0 aliphatic heterocycles. The Bertz CT molecular complexity index is 122. The smallest absolute Gasteiger partial charge is 0.158 e. The van der Waals surface area contributed by atoms with Gasteiger partial charge in [0.05, 0.1) is 13.2 Å². The maximum absolute atomic E-state index is 8.57. The first-order valence-corrected chi connectivity index (χ1v) is 7.21. The molecule has 0 aromatic carbocycles. The molecule has 0 saturated heterocycles. The van der Waals surface area contributed by atoms with Crippen LogP contribution in [0.1, 0.15) is 51.4 Å². The Balaban J connectivity index is 2.85. The van der Waals surface area contributed by atoms with Crippen molar-refractivity contribution in [3.8, 4) is 0 Å². The summed E-state index contributed by atoms with van der Waals surface area (Å²) in [5, 5.41) is 17.1. The molecule has 0 spiro atoms. The summed E-state index contributed by atoms with van der Waals surface area (Å²) in [6, 6.07) is 0. The van der Waals surface area contributed by atoms with E-state index in [1.807, 2.05) is 0 Å². The molecule has 0 heterocycles. The van der Waals surface area contributed by atoms with E-state index in [1.165, 1.54) is 0 Å². The van der Waals surface area contributed by atoms with Gasteiger partial charge in [-0.15, -0.1) is 0 Å². The van der Waals surface area contributed by atoms with Crippen molar-refractivity contribution in [1.29, 1.82) is 0 Å². The topological polar surface area (TPSA) is 58.9 Å². The van der Waals surface area contributed by atoms with Crippen LogP contribution in [0.3, 0.4) is 0 Å². The summed E-state index contributed by atoms with van der Waals surface area (Å²) in [7, 11) is 0. The second-order valence-electron chi connectivity index (χ2n) is 3.99. The molecule has 2 N–H and O–H groups in total. The lowest BCUT2D eigenvalue weighted by molar-refractivity contribution is 0.261. The van der Waals surface area contributed by atoms with E-state index in [0.29, 0.717) is 13.2 Å². The third-order valence-electron chi connectivity index (χ3n) is 2.37. The fourth-order valence-corrected chi connectivity index (χ4v) is 1.79. The summed E-state index contributed by atoms with van der Waals surface area (Å²) in [6.45, 7) is 1.99. The Morgan fingerprint density at radius 3 is 1.41 bits per heavy atom. The molecule has 0 fully saturated rings. The van der Waals surface area contributed by atoms with E-state index in [0.717, 1.165) is 63.7 Å². The van der Waals surface area contributed by atoms with Crippen LogP contribution in [-0.2, 0) is 8.37 Å². The molecule has 0 amide bonds. The molecular formula is C12H26O4S. The van der Waals surface area contributed by atoms with Crippen LogP contribution < -0.4 is 0 Å². The van der Waals surface area contributed by atoms with E-state index in [1.54, 1.807) is 0 Å². The Morgan fingerprint density at radius 1 is 0.588 bits per heavy atom. The lowest BCUT2D eigenvalue weighted by atomic mass is 10.2. The van der Waals surface area contributed by atoms with Crippen LogP contribution in [0.25, 0.3) is 0 Å². The van der Waals surface area contributed by atoms with Gasteiger partial charge in [-0.2, -0.15) is 0 Å². The van der Waals surface area contributed by atoms with Gasteiger partial charge in [-0.3, -0.25) is 8.37 Å². The van der Waals surface area contributed by atoms with Crippen LogP contribution in [-0.4, -0.2) is 36.6 Å². The lowest BCUT2D eigenvalue weighted by Crippen LogP contribution is -1.92. The first kappa shape index (κ1) is 17.2. The van der Waals surface area contributed by atoms with Crippen molar-refractivity contribution in [3.05, 3.63) is 0 Å². The maximum Gasteiger partial charge on any atom is 0.158 e. The minimum atomic E-state index is 0.287. The number of hydrogen-bond donors (Lipinski definition) is 2. The minimum Gasteiger partial charge on any atom is -0.396 e. The van der Waals surface area contributed by atoms with Crippen molar-refractivity contribution < 1.29 is 18.6 Å². The van der Waals surface area contributed by atoms with Gasteiger partial charge in [0.1, 0.15) is 0 Å². The molecule has 0 saturated carbocycles. The van der Waals surface area contributed by atoms with E-state index in [9.17, 15) is 0 Å².